The van der Waals surface area contributed by atoms with Crippen LogP contribution in [0.2, 0.25) is 0 Å². The van der Waals surface area contributed by atoms with Crippen LogP contribution in [0.15, 0.2) is 72.8 Å². The van der Waals surface area contributed by atoms with Gasteiger partial charge in [-0.1, -0.05) is 36.4 Å². The van der Waals surface area contributed by atoms with Gasteiger partial charge < -0.3 is 9.47 Å². The fraction of sp³-hybridized carbons (Fsp3) is 0.269. The summed E-state index contributed by atoms with van der Waals surface area (Å²) in [6.45, 7) is 2.59. The van der Waals surface area contributed by atoms with Crippen molar-refractivity contribution in [2.75, 3.05) is 6.61 Å². The van der Waals surface area contributed by atoms with Gasteiger partial charge in [0.2, 0.25) is 0 Å². The zero-order chi connectivity index (χ0) is 21.0. The average Bonchev–Trinajstić information content (AvgIpc) is 3.52. The molecule has 30 heavy (non-hydrogen) atoms. The van der Waals surface area contributed by atoms with E-state index in [9.17, 15) is 9.18 Å². The van der Waals surface area contributed by atoms with E-state index in [-0.39, 0.29) is 23.4 Å². The molecule has 0 aliphatic heterocycles. The SMILES string of the molecule is CCOc1ccc(C2(CC(=O)Cc3ccc(F)c(Oc4ccccc4)c3)CC2)cc1. The highest BCUT2D eigenvalue weighted by Crippen LogP contribution is 2.51. The minimum atomic E-state index is -0.442. The number of ether oxygens (including phenoxy) is 2. The quantitative estimate of drug-likeness (QED) is 0.423. The van der Waals surface area contributed by atoms with Crippen LogP contribution in [0, 0.1) is 5.82 Å². The van der Waals surface area contributed by atoms with E-state index in [1.165, 1.54) is 11.6 Å². The number of carbonyl (C=O) groups is 1. The van der Waals surface area contributed by atoms with Gasteiger partial charge in [-0.2, -0.15) is 0 Å². The molecule has 1 aliphatic carbocycles. The van der Waals surface area contributed by atoms with E-state index in [1.54, 1.807) is 24.3 Å². The van der Waals surface area contributed by atoms with Gasteiger partial charge in [0, 0.05) is 18.3 Å². The first kappa shape index (κ1) is 20.1. The Labute approximate surface area is 176 Å². The number of hydrogen-bond donors (Lipinski definition) is 0. The summed E-state index contributed by atoms with van der Waals surface area (Å²) in [5.74, 6) is 1.26. The predicted octanol–water partition coefficient (Wildman–Crippen LogP) is 6.25. The molecule has 4 rings (SSSR count). The molecular weight excluding hydrogens is 379 g/mol. The highest BCUT2D eigenvalue weighted by Gasteiger charge is 2.45. The van der Waals surface area contributed by atoms with Crippen LogP contribution in [0.1, 0.15) is 37.3 Å². The van der Waals surface area contributed by atoms with Crippen LogP contribution in [0.25, 0.3) is 0 Å². The normalized spacial score (nSPS) is 14.2. The van der Waals surface area contributed by atoms with Gasteiger partial charge in [-0.3, -0.25) is 4.79 Å². The smallest absolute Gasteiger partial charge is 0.165 e. The largest absolute Gasteiger partial charge is 0.494 e. The first-order valence-electron chi connectivity index (χ1n) is 10.3. The molecule has 0 atom stereocenters. The van der Waals surface area contributed by atoms with Crippen molar-refractivity contribution in [3.05, 3.63) is 89.7 Å². The third kappa shape index (κ3) is 4.70. The van der Waals surface area contributed by atoms with Crippen molar-refractivity contribution in [2.24, 2.45) is 0 Å². The molecule has 1 aliphatic rings. The Hall–Kier alpha value is -3.14. The summed E-state index contributed by atoms with van der Waals surface area (Å²) in [7, 11) is 0. The zero-order valence-electron chi connectivity index (χ0n) is 17.1. The number of rotatable bonds is 9. The summed E-state index contributed by atoms with van der Waals surface area (Å²) in [5, 5.41) is 0. The van der Waals surface area contributed by atoms with E-state index in [4.69, 9.17) is 9.47 Å². The summed E-state index contributed by atoms with van der Waals surface area (Å²) in [6.07, 6.45) is 2.79. The lowest BCUT2D eigenvalue weighted by Gasteiger charge is -2.16. The molecule has 0 bridgehead atoms. The van der Waals surface area contributed by atoms with Crippen molar-refractivity contribution < 1.29 is 18.7 Å². The second kappa shape index (κ2) is 8.70. The molecule has 3 aromatic rings. The van der Waals surface area contributed by atoms with Gasteiger partial charge in [-0.05, 0) is 67.3 Å². The number of Topliss-reactive ketones (excluding diaryl/α,β-unsaturated/α-hetero) is 1. The van der Waals surface area contributed by atoms with Crippen LogP contribution in [0.3, 0.4) is 0 Å². The molecule has 0 saturated heterocycles. The maximum Gasteiger partial charge on any atom is 0.165 e. The molecule has 3 nitrogen and oxygen atoms in total. The lowest BCUT2D eigenvalue weighted by atomic mass is 9.89. The van der Waals surface area contributed by atoms with Crippen molar-refractivity contribution in [1.82, 2.24) is 0 Å². The van der Waals surface area contributed by atoms with E-state index in [0.29, 0.717) is 18.8 Å². The van der Waals surface area contributed by atoms with Crippen molar-refractivity contribution in [2.45, 2.75) is 38.0 Å². The van der Waals surface area contributed by atoms with Crippen molar-refractivity contribution in [3.63, 3.8) is 0 Å². The number of para-hydroxylation sites is 1. The van der Waals surface area contributed by atoms with Crippen molar-refractivity contribution in [3.8, 4) is 17.2 Å². The average molecular weight is 404 g/mol. The first-order valence-corrected chi connectivity index (χ1v) is 10.3. The lowest BCUT2D eigenvalue weighted by Crippen LogP contribution is -2.15. The van der Waals surface area contributed by atoms with Gasteiger partial charge in [0.1, 0.15) is 17.3 Å². The summed E-state index contributed by atoms with van der Waals surface area (Å²) in [6, 6.07) is 21.8. The molecule has 0 radical (unpaired) electrons. The minimum absolute atomic E-state index is 0.0643. The minimum Gasteiger partial charge on any atom is -0.494 e. The Balaban J connectivity index is 1.42. The van der Waals surface area contributed by atoms with Crippen LogP contribution in [0.5, 0.6) is 17.2 Å². The topological polar surface area (TPSA) is 35.5 Å². The molecule has 1 fully saturated rings. The van der Waals surface area contributed by atoms with Crippen molar-refractivity contribution in [1.29, 1.82) is 0 Å². The maximum absolute atomic E-state index is 14.2. The fourth-order valence-electron chi connectivity index (χ4n) is 3.81. The van der Waals surface area contributed by atoms with Crippen LogP contribution >= 0.6 is 0 Å². The molecule has 3 aromatic carbocycles. The molecule has 154 valence electrons. The molecule has 0 heterocycles. The van der Waals surface area contributed by atoms with E-state index >= 15 is 0 Å². The second-order valence-corrected chi connectivity index (χ2v) is 7.81. The van der Waals surface area contributed by atoms with Gasteiger partial charge in [0.05, 0.1) is 6.61 Å². The Morgan fingerprint density at radius 3 is 2.37 bits per heavy atom. The van der Waals surface area contributed by atoms with Crippen molar-refractivity contribution >= 4 is 5.78 Å². The Kier molecular flexibility index (Phi) is 5.84. The number of ketones is 1. The van der Waals surface area contributed by atoms with Gasteiger partial charge in [0.15, 0.2) is 11.6 Å². The summed E-state index contributed by atoms with van der Waals surface area (Å²) >= 11 is 0. The van der Waals surface area contributed by atoms with Crippen LogP contribution < -0.4 is 9.47 Å². The molecule has 0 aromatic heterocycles. The standard InChI is InChI=1S/C26H25FO3/c1-2-29-22-11-9-20(10-12-22)26(14-15-26)18-21(28)16-19-8-13-24(27)25(17-19)30-23-6-4-3-5-7-23/h3-13,17H,2,14-16,18H2,1H3. The molecule has 4 heteroatoms. The molecule has 0 N–H and O–H groups in total. The summed E-state index contributed by atoms with van der Waals surface area (Å²) in [4.78, 5) is 12.8. The maximum atomic E-state index is 14.2. The first-order chi connectivity index (χ1) is 14.6. The number of halogens is 1. The Morgan fingerprint density at radius 1 is 0.967 bits per heavy atom. The van der Waals surface area contributed by atoms with E-state index in [2.05, 4.69) is 12.1 Å². The summed E-state index contributed by atoms with van der Waals surface area (Å²) < 4.78 is 25.3. The molecule has 1 saturated carbocycles. The number of benzene rings is 3. The van der Waals surface area contributed by atoms with Crippen LogP contribution in [0.4, 0.5) is 4.39 Å². The van der Waals surface area contributed by atoms with Gasteiger partial charge in [0.25, 0.3) is 0 Å². The summed E-state index contributed by atoms with van der Waals surface area (Å²) in [5.41, 5.74) is 1.88. The second-order valence-electron chi connectivity index (χ2n) is 7.81. The number of hydrogen-bond acceptors (Lipinski definition) is 3. The van der Waals surface area contributed by atoms with Gasteiger partial charge in [-0.15, -0.1) is 0 Å². The third-order valence-corrected chi connectivity index (χ3v) is 5.53. The van der Waals surface area contributed by atoms with E-state index < -0.39 is 5.82 Å². The molecule has 0 unspecified atom stereocenters. The number of carbonyl (C=O) groups excluding carboxylic acids is 1. The Morgan fingerprint density at radius 2 is 1.70 bits per heavy atom. The molecule has 0 spiro atoms. The molecular formula is C26H25FO3. The van der Waals surface area contributed by atoms with Crippen LogP contribution in [-0.2, 0) is 16.6 Å². The third-order valence-electron chi connectivity index (χ3n) is 5.53. The Bertz CT molecular complexity index is 1010. The monoisotopic (exact) mass is 404 g/mol. The zero-order valence-corrected chi connectivity index (χ0v) is 17.1. The highest BCUT2D eigenvalue weighted by molar-refractivity contribution is 5.83. The predicted molar refractivity (Wildman–Crippen MR) is 115 cm³/mol. The van der Waals surface area contributed by atoms with Gasteiger partial charge >= 0.3 is 0 Å². The fourth-order valence-corrected chi connectivity index (χ4v) is 3.81. The lowest BCUT2D eigenvalue weighted by molar-refractivity contribution is -0.119. The van der Waals surface area contributed by atoms with E-state index in [0.717, 1.165) is 24.2 Å². The van der Waals surface area contributed by atoms with Crippen LogP contribution in [-0.4, -0.2) is 12.4 Å². The van der Waals surface area contributed by atoms with Gasteiger partial charge in [-0.25, -0.2) is 4.39 Å². The van der Waals surface area contributed by atoms with E-state index in [1.807, 2.05) is 37.3 Å². The molecule has 0 amide bonds. The highest BCUT2D eigenvalue weighted by atomic mass is 19.1.